The molecule has 1 saturated heterocycles. The van der Waals surface area contributed by atoms with Gasteiger partial charge < -0.3 is 40.0 Å². The summed E-state index contributed by atoms with van der Waals surface area (Å²) < 4.78 is 31.9. The molecule has 2 unspecified atom stereocenters. The summed E-state index contributed by atoms with van der Waals surface area (Å²) in [6.45, 7) is 15.4. The van der Waals surface area contributed by atoms with E-state index in [9.17, 15) is 23.8 Å². The molecule has 6 atom stereocenters. The Balaban J connectivity index is 1.34. The molecule has 0 bridgehead atoms. The maximum atomic E-state index is 14.8. The molecule has 3 aliphatic rings. The molecule has 4 N–H and O–H groups in total. The van der Waals surface area contributed by atoms with Crippen molar-refractivity contribution in [2.75, 3.05) is 25.1 Å². The summed E-state index contributed by atoms with van der Waals surface area (Å²) in [6, 6.07) is 5.34. The Kier molecular flexibility index (Phi) is 13.1. The summed E-state index contributed by atoms with van der Waals surface area (Å²) in [4.78, 5) is 65.0. The molecule has 58 heavy (non-hydrogen) atoms. The number of rotatable bonds is 16. The average molecular weight is 839 g/mol. The standard InChI is InChI=1S/C42H59N6O8PS/c1-9-11-18-57(52,53)42(22-26(42)10-2)47-37(49)34-20-29(23-48(34)38(50)36(41(5,6)7)46-40(51)56-27-14-12-13-15-27)55-35-21-32(33-24-58-39(45-33)43-25(3)4)44-31-19-28(54-8)16-17-30(31)35/h10,16-17,19,21,24-27,29,34,36H,2,9,11-15,18,20,22-23H2,1,3-8H3,(H,43,45)(H,46,51)(H,47,49)(H,52,53)/t26-,29-,34+,36?,42+/m1/s1. The van der Waals surface area contributed by atoms with Crippen molar-refractivity contribution in [3.8, 4) is 22.9 Å². The summed E-state index contributed by atoms with van der Waals surface area (Å²) in [5.41, 5.74) is 1.05. The number of carbonyl (C=O) groups is 3. The summed E-state index contributed by atoms with van der Waals surface area (Å²) in [5, 5.41) is 11.1. The normalized spacial score (nSPS) is 23.6. The molecule has 3 aromatic rings. The number of carbonyl (C=O) groups excluding carboxylic acids is 3. The predicted octanol–water partition coefficient (Wildman–Crippen LogP) is 7.71. The number of anilines is 1. The lowest BCUT2D eigenvalue weighted by Gasteiger charge is -2.36. The number of pyridine rings is 1. The van der Waals surface area contributed by atoms with Gasteiger partial charge in [-0.25, -0.2) is 14.8 Å². The van der Waals surface area contributed by atoms with Crippen LogP contribution < -0.4 is 25.4 Å². The Morgan fingerprint density at radius 2 is 1.88 bits per heavy atom. The minimum Gasteiger partial charge on any atom is -0.497 e. The van der Waals surface area contributed by atoms with E-state index in [-0.39, 0.29) is 37.7 Å². The number of nitrogens with one attached hydrogen (secondary N) is 3. The van der Waals surface area contributed by atoms with E-state index in [1.807, 2.05) is 71.2 Å². The monoisotopic (exact) mass is 838 g/mol. The number of aromatic nitrogens is 2. The van der Waals surface area contributed by atoms with Crippen LogP contribution in [0.2, 0.25) is 0 Å². The maximum absolute atomic E-state index is 14.8. The second-order valence-electron chi connectivity index (χ2n) is 17.2. The third-order valence-electron chi connectivity index (χ3n) is 11.3. The lowest BCUT2D eigenvalue weighted by molar-refractivity contribution is -0.142. The van der Waals surface area contributed by atoms with Crippen molar-refractivity contribution < 1.29 is 38.1 Å². The van der Waals surface area contributed by atoms with Crippen LogP contribution in [0.25, 0.3) is 22.3 Å². The Bertz CT molecular complexity index is 2050. The number of benzene rings is 1. The molecule has 2 aromatic heterocycles. The first-order valence-electron chi connectivity index (χ1n) is 20.4. The number of hydrogen-bond donors (Lipinski definition) is 4. The van der Waals surface area contributed by atoms with Crippen molar-refractivity contribution in [2.45, 2.75) is 129 Å². The largest absolute Gasteiger partial charge is 0.497 e. The molecule has 3 heterocycles. The topological polar surface area (TPSA) is 181 Å². The highest BCUT2D eigenvalue weighted by atomic mass is 32.1. The van der Waals surface area contributed by atoms with Crippen molar-refractivity contribution >= 4 is 52.6 Å². The summed E-state index contributed by atoms with van der Waals surface area (Å²) in [6.07, 6.45) is 5.17. The van der Waals surface area contributed by atoms with Crippen molar-refractivity contribution in [1.29, 1.82) is 0 Å². The van der Waals surface area contributed by atoms with Crippen molar-refractivity contribution in [2.24, 2.45) is 11.3 Å². The van der Waals surface area contributed by atoms with Crippen LogP contribution in [0.4, 0.5) is 9.93 Å². The number of methoxy groups -OCH3 is 1. The third-order valence-corrected chi connectivity index (χ3v) is 14.9. The molecular formula is C42H59N6O8PS. The molecule has 316 valence electrons. The van der Waals surface area contributed by atoms with Crippen molar-refractivity contribution in [3.05, 3.63) is 42.3 Å². The van der Waals surface area contributed by atoms with Crippen molar-refractivity contribution in [1.82, 2.24) is 25.5 Å². The van der Waals surface area contributed by atoms with E-state index < -0.39 is 60.1 Å². The van der Waals surface area contributed by atoms with Crippen LogP contribution >= 0.6 is 18.7 Å². The van der Waals surface area contributed by atoms with Gasteiger partial charge in [0.2, 0.25) is 19.2 Å². The Morgan fingerprint density at radius 3 is 2.52 bits per heavy atom. The first-order chi connectivity index (χ1) is 27.5. The van der Waals surface area contributed by atoms with E-state index in [1.54, 1.807) is 13.2 Å². The minimum atomic E-state index is -3.87. The Labute approximate surface area is 345 Å². The molecule has 3 amide bonds. The maximum Gasteiger partial charge on any atom is 0.408 e. The second kappa shape index (κ2) is 17.6. The highest BCUT2D eigenvalue weighted by Gasteiger charge is 2.65. The van der Waals surface area contributed by atoms with Gasteiger partial charge in [-0.15, -0.1) is 17.9 Å². The van der Waals surface area contributed by atoms with Gasteiger partial charge >= 0.3 is 6.09 Å². The summed E-state index contributed by atoms with van der Waals surface area (Å²) in [7, 11) is -2.29. The molecule has 1 aliphatic heterocycles. The molecule has 6 rings (SSSR count). The van der Waals surface area contributed by atoms with Gasteiger partial charge in [0.15, 0.2) is 5.13 Å². The fraction of sp³-hybridized carbons (Fsp3) is 0.595. The molecule has 14 nitrogen and oxygen atoms in total. The SMILES string of the molecule is C=C[C@@H]1C[C@]1(NC(=O)[C@@H]1C[C@@H](Oc2cc(-c3csc(NC(C)C)n3)nc3cc(OC)ccc23)CN1C(=O)C(NC(=O)OC1CCCC1)C(C)(C)C)P(=O)(O)CCCC. The number of unbranched alkanes of at least 4 members (excludes halogenated alkanes) is 1. The third kappa shape index (κ3) is 9.47. The minimum absolute atomic E-state index is 0.00181. The molecule has 2 saturated carbocycles. The van der Waals surface area contributed by atoms with Crippen LogP contribution in [0.1, 0.15) is 92.9 Å². The van der Waals surface area contributed by atoms with Gasteiger partial charge in [-0.05, 0) is 69.9 Å². The van der Waals surface area contributed by atoms with Gasteiger partial charge in [-0.2, -0.15) is 0 Å². The highest BCUT2D eigenvalue weighted by molar-refractivity contribution is 7.60. The van der Waals surface area contributed by atoms with Gasteiger partial charge in [-0.3, -0.25) is 14.2 Å². The van der Waals surface area contributed by atoms with Crippen molar-refractivity contribution in [3.63, 3.8) is 0 Å². The number of nitrogens with zero attached hydrogens (tertiary/aromatic N) is 3. The van der Waals surface area contributed by atoms with E-state index in [1.165, 1.54) is 16.2 Å². The van der Waals surface area contributed by atoms with Gasteiger partial charge in [0, 0.05) is 47.4 Å². The average Bonchev–Trinajstić information content (AvgIpc) is 3.57. The zero-order chi connectivity index (χ0) is 42.0. The van der Waals surface area contributed by atoms with Gasteiger partial charge in [0.1, 0.15) is 46.8 Å². The number of amides is 3. The Hall–Kier alpha value is -4.20. The smallest absolute Gasteiger partial charge is 0.408 e. The lowest BCUT2D eigenvalue weighted by atomic mass is 9.85. The van der Waals surface area contributed by atoms with Crippen LogP contribution in [0.15, 0.2) is 42.3 Å². The van der Waals surface area contributed by atoms with Gasteiger partial charge in [0.25, 0.3) is 0 Å². The number of hydrogen-bond acceptors (Lipinski definition) is 11. The van der Waals surface area contributed by atoms with E-state index >= 15 is 0 Å². The van der Waals surface area contributed by atoms with Crippen LogP contribution in [0.3, 0.4) is 0 Å². The quantitative estimate of drug-likeness (QED) is 0.0820. The number of ether oxygens (including phenoxy) is 3. The summed E-state index contributed by atoms with van der Waals surface area (Å²) >= 11 is 1.47. The van der Waals surface area contributed by atoms with E-state index in [2.05, 4.69) is 22.5 Å². The van der Waals surface area contributed by atoms with Crippen LogP contribution in [0, 0.1) is 11.3 Å². The molecule has 1 aromatic carbocycles. The summed E-state index contributed by atoms with van der Waals surface area (Å²) in [5.74, 6) is -0.354. The molecule has 0 radical (unpaired) electrons. The van der Waals surface area contributed by atoms with E-state index in [4.69, 9.17) is 24.2 Å². The molecule has 16 heteroatoms. The molecule has 3 fully saturated rings. The van der Waals surface area contributed by atoms with Gasteiger partial charge in [-0.1, -0.05) is 40.2 Å². The number of thiazole rings is 1. The number of fused-ring (bicyclic) bond motifs is 1. The van der Waals surface area contributed by atoms with E-state index in [0.29, 0.717) is 40.2 Å². The first-order valence-corrected chi connectivity index (χ1v) is 23.1. The second-order valence-corrected chi connectivity index (χ2v) is 20.7. The van der Waals surface area contributed by atoms with Gasteiger partial charge in [0.05, 0.1) is 24.9 Å². The predicted molar refractivity (Wildman–Crippen MR) is 227 cm³/mol. The number of likely N-dealkylation sites (tertiary alicyclic amines) is 1. The van der Waals surface area contributed by atoms with Crippen LogP contribution in [-0.2, 0) is 18.9 Å². The Morgan fingerprint density at radius 1 is 1.14 bits per heavy atom. The fourth-order valence-corrected chi connectivity index (χ4v) is 11.4. The van der Waals surface area contributed by atoms with E-state index in [0.717, 1.165) is 37.2 Å². The first kappa shape index (κ1) is 43.4. The highest BCUT2D eigenvalue weighted by Crippen LogP contribution is 2.69. The lowest BCUT2D eigenvalue weighted by Crippen LogP contribution is -2.58. The number of alkyl carbamates (subject to hydrolysis) is 1. The fourth-order valence-electron chi connectivity index (χ4n) is 7.97. The van der Waals surface area contributed by atoms with Crippen LogP contribution in [0.5, 0.6) is 11.5 Å². The zero-order valence-corrected chi connectivity index (χ0v) is 36.4. The molecule has 2 aliphatic carbocycles. The zero-order valence-electron chi connectivity index (χ0n) is 34.7. The molecular weight excluding hydrogens is 780 g/mol. The molecule has 0 spiro atoms. The van der Waals surface area contributed by atoms with Crippen LogP contribution in [-0.4, -0.2) is 93.1 Å².